The van der Waals surface area contributed by atoms with Crippen LogP contribution < -0.4 is 20.7 Å². The molecular formula is C14H18N4O2. The summed E-state index contributed by atoms with van der Waals surface area (Å²) in [5.41, 5.74) is 5.11. The van der Waals surface area contributed by atoms with Gasteiger partial charge in [-0.15, -0.1) is 0 Å². The largest absolute Gasteiger partial charge is 0.497 e. The van der Waals surface area contributed by atoms with Crippen LogP contribution >= 0.6 is 0 Å². The Bertz CT molecular complexity index is 629. The predicted molar refractivity (Wildman–Crippen MR) is 77.9 cm³/mol. The van der Waals surface area contributed by atoms with Crippen molar-refractivity contribution in [2.45, 2.75) is 13.8 Å². The topological polar surface area (TPSA) is 82.3 Å². The third-order valence-electron chi connectivity index (χ3n) is 3.17. The van der Waals surface area contributed by atoms with Crippen LogP contribution in [0.3, 0.4) is 0 Å². The molecule has 0 amide bonds. The molecule has 0 aliphatic carbocycles. The van der Waals surface area contributed by atoms with Gasteiger partial charge in [0.15, 0.2) is 5.82 Å². The number of anilines is 1. The number of aromatic nitrogens is 2. The fraction of sp³-hybridized carbons (Fsp3) is 0.286. The first-order valence-corrected chi connectivity index (χ1v) is 6.15. The molecule has 1 aromatic heterocycles. The molecular weight excluding hydrogens is 256 g/mol. The van der Waals surface area contributed by atoms with Crippen LogP contribution in [-0.2, 0) is 0 Å². The molecule has 0 aliphatic rings. The number of nitrogens with zero attached hydrogens (tertiary/aromatic N) is 2. The highest BCUT2D eigenvalue weighted by Gasteiger charge is 2.14. The molecule has 2 aromatic rings. The van der Waals surface area contributed by atoms with E-state index < -0.39 is 0 Å². The minimum Gasteiger partial charge on any atom is -0.497 e. The second-order valence-corrected chi connectivity index (χ2v) is 4.32. The lowest BCUT2D eigenvalue weighted by atomic mass is 10.1. The molecule has 0 spiro atoms. The molecule has 6 nitrogen and oxygen atoms in total. The van der Waals surface area contributed by atoms with E-state index in [0.717, 1.165) is 16.8 Å². The average Bonchev–Trinajstić information content (AvgIpc) is 2.49. The molecule has 1 aromatic carbocycles. The van der Waals surface area contributed by atoms with Crippen molar-refractivity contribution >= 4 is 5.82 Å². The lowest BCUT2D eigenvalue weighted by Crippen LogP contribution is -2.12. The quantitative estimate of drug-likeness (QED) is 0.656. The van der Waals surface area contributed by atoms with E-state index in [2.05, 4.69) is 15.4 Å². The van der Waals surface area contributed by atoms with Gasteiger partial charge >= 0.3 is 0 Å². The van der Waals surface area contributed by atoms with Crippen LogP contribution in [0.2, 0.25) is 0 Å². The van der Waals surface area contributed by atoms with Crippen LogP contribution in [-0.4, -0.2) is 24.2 Å². The molecule has 2 rings (SSSR count). The molecule has 0 bridgehead atoms. The lowest BCUT2D eigenvalue weighted by molar-refractivity contribution is 0.404. The monoisotopic (exact) mass is 274 g/mol. The van der Waals surface area contributed by atoms with Gasteiger partial charge in [-0.2, -0.15) is 0 Å². The van der Waals surface area contributed by atoms with E-state index in [-0.39, 0.29) is 0 Å². The molecule has 0 aliphatic heterocycles. The average molecular weight is 274 g/mol. The van der Waals surface area contributed by atoms with Gasteiger partial charge in [-0.1, -0.05) is 0 Å². The van der Waals surface area contributed by atoms with Crippen LogP contribution in [0.4, 0.5) is 5.82 Å². The van der Waals surface area contributed by atoms with E-state index in [1.807, 2.05) is 32.0 Å². The molecule has 0 radical (unpaired) electrons. The van der Waals surface area contributed by atoms with E-state index in [4.69, 9.17) is 15.3 Å². The molecule has 3 N–H and O–H groups in total. The van der Waals surface area contributed by atoms with Gasteiger partial charge in [-0.3, -0.25) is 0 Å². The Balaban J connectivity index is 2.63. The van der Waals surface area contributed by atoms with Crippen LogP contribution in [0.15, 0.2) is 18.2 Å². The van der Waals surface area contributed by atoms with Crippen LogP contribution in [0.5, 0.6) is 11.5 Å². The number of nitrogen functional groups attached to an aromatic ring is 1. The van der Waals surface area contributed by atoms with Crippen molar-refractivity contribution in [3.05, 3.63) is 29.5 Å². The molecule has 0 saturated heterocycles. The number of nitrogens with two attached hydrogens (primary N) is 1. The van der Waals surface area contributed by atoms with E-state index in [1.54, 1.807) is 14.2 Å². The summed E-state index contributed by atoms with van der Waals surface area (Å²) in [6.07, 6.45) is 0. The normalized spacial score (nSPS) is 10.2. The van der Waals surface area contributed by atoms with Gasteiger partial charge in [0.25, 0.3) is 0 Å². The predicted octanol–water partition coefficient (Wildman–Crippen LogP) is 2.06. The minimum absolute atomic E-state index is 0.539. The Morgan fingerprint density at radius 3 is 2.45 bits per heavy atom. The Kier molecular flexibility index (Phi) is 4.05. The van der Waals surface area contributed by atoms with Crippen molar-refractivity contribution in [2.75, 3.05) is 19.6 Å². The summed E-state index contributed by atoms with van der Waals surface area (Å²) in [4.78, 5) is 8.92. The molecule has 6 heteroatoms. The van der Waals surface area contributed by atoms with Gasteiger partial charge in [0, 0.05) is 11.3 Å². The van der Waals surface area contributed by atoms with Crippen molar-refractivity contribution in [1.82, 2.24) is 9.97 Å². The summed E-state index contributed by atoms with van der Waals surface area (Å²) >= 11 is 0. The van der Waals surface area contributed by atoms with E-state index >= 15 is 0 Å². The first-order chi connectivity index (χ1) is 9.60. The second-order valence-electron chi connectivity index (χ2n) is 4.32. The third kappa shape index (κ3) is 2.50. The second kappa shape index (κ2) is 5.75. The van der Waals surface area contributed by atoms with Crippen molar-refractivity contribution < 1.29 is 9.47 Å². The van der Waals surface area contributed by atoms with Crippen LogP contribution in [0.1, 0.15) is 11.3 Å². The first kappa shape index (κ1) is 14.1. The zero-order valence-corrected chi connectivity index (χ0v) is 12.0. The maximum absolute atomic E-state index is 5.50. The Hall–Kier alpha value is -2.34. The summed E-state index contributed by atoms with van der Waals surface area (Å²) in [6, 6.07) is 5.48. The molecule has 0 atom stereocenters. The molecule has 106 valence electrons. The molecule has 0 saturated carbocycles. The number of nitrogens with one attached hydrogen (secondary N) is 1. The van der Waals surface area contributed by atoms with E-state index in [1.165, 1.54) is 0 Å². The fourth-order valence-corrected chi connectivity index (χ4v) is 1.88. The molecule has 0 fully saturated rings. The fourth-order valence-electron chi connectivity index (χ4n) is 1.88. The number of hydrogen-bond acceptors (Lipinski definition) is 6. The number of aryl methyl sites for hydroxylation is 1. The molecule has 20 heavy (non-hydrogen) atoms. The number of ether oxygens (including phenoxy) is 2. The first-order valence-electron chi connectivity index (χ1n) is 6.15. The summed E-state index contributed by atoms with van der Waals surface area (Å²) in [5.74, 6) is 8.02. The molecule has 0 unspecified atom stereocenters. The minimum atomic E-state index is 0.539. The van der Waals surface area contributed by atoms with Crippen LogP contribution in [0.25, 0.3) is 11.4 Å². The van der Waals surface area contributed by atoms with Gasteiger partial charge < -0.3 is 14.9 Å². The lowest BCUT2D eigenvalue weighted by Gasteiger charge is -2.13. The standard InChI is InChI=1S/C14H18N4O2/c1-8-9(2)16-14(17-13(8)18-15)11-7-10(19-3)5-6-12(11)20-4/h5-7H,15H2,1-4H3,(H,16,17,18). The highest BCUT2D eigenvalue weighted by molar-refractivity contribution is 5.68. The highest BCUT2D eigenvalue weighted by Crippen LogP contribution is 2.32. The number of hydrazine groups is 1. The van der Waals surface area contributed by atoms with Crippen molar-refractivity contribution in [3.8, 4) is 22.9 Å². The number of benzene rings is 1. The van der Waals surface area contributed by atoms with Gasteiger partial charge in [-0.05, 0) is 32.0 Å². The molecule has 1 heterocycles. The zero-order valence-electron chi connectivity index (χ0n) is 12.0. The van der Waals surface area contributed by atoms with Gasteiger partial charge in [0.2, 0.25) is 0 Å². The van der Waals surface area contributed by atoms with E-state index in [0.29, 0.717) is 23.1 Å². The number of hydrogen-bond donors (Lipinski definition) is 2. The van der Waals surface area contributed by atoms with Gasteiger partial charge in [-0.25, -0.2) is 15.8 Å². The summed E-state index contributed by atoms with van der Waals surface area (Å²) in [7, 11) is 3.22. The van der Waals surface area contributed by atoms with Crippen molar-refractivity contribution in [1.29, 1.82) is 0 Å². The van der Waals surface area contributed by atoms with Crippen molar-refractivity contribution in [3.63, 3.8) is 0 Å². The summed E-state index contributed by atoms with van der Waals surface area (Å²) < 4.78 is 10.6. The Labute approximate surface area is 117 Å². The Morgan fingerprint density at radius 2 is 1.85 bits per heavy atom. The van der Waals surface area contributed by atoms with Gasteiger partial charge in [0.05, 0.1) is 19.8 Å². The highest BCUT2D eigenvalue weighted by atomic mass is 16.5. The van der Waals surface area contributed by atoms with Gasteiger partial charge in [0.1, 0.15) is 17.3 Å². The number of rotatable bonds is 4. The smallest absolute Gasteiger partial charge is 0.165 e. The van der Waals surface area contributed by atoms with Crippen LogP contribution in [0, 0.1) is 13.8 Å². The van der Waals surface area contributed by atoms with E-state index in [9.17, 15) is 0 Å². The summed E-state index contributed by atoms with van der Waals surface area (Å²) in [5, 5.41) is 0. The maximum atomic E-state index is 5.50. The van der Waals surface area contributed by atoms with Crippen molar-refractivity contribution in [2.24, 2.45) is 5.84 Å². The number of methoxy groups -OCH3 is 2. The maximum Gasteiger partial charge on any atom is 0.165 e. The third-order valence-corrected chi connectivity index (χ3v) is 3.17. The zero-order chi connectivity index (χ0) is 14.7. The SMILES string of the molecule is COc1ccc(OC)c(-c2nc(C)c(C)c(NN)n2)c1. The summed E-state index contributed by atoms with van der Waals surface area (Å²) in [6.45, 7) is 3.82. The Morgan fingerprint density at radius 1 is 1.10 bits per heavy atom.